The number of hydrogen-bond acceptors (Lipinski definition) is 9. The molecular weight excluding hydrogens is 657 g/mol. The first-order chi connectivity index (χ1) is 20.1. The number of allylic oxidation sites excluding steroid dienone is 1. The zero-order chi connectivity index (χ0) is 30.6. The van der Waals surface area contributed by atoms with Gasteiger partial charge in [0.2, 0.25) is 11.8 Å². The number of phenols is 1. The second kappa shape index (κ2) is 13.7. The summed E-state index contributed by atoms with van der Waals surface area (Å²) in [6.45, 7) is 1.45. The largest absolute Gasteiger partial charge is 0.504 e. The molecule has 0 aromatic heterocycles. The second-order valence-electron chi connectivity index (χ2n) is 10.4. The Hall–Kier alpha value is -3.42. The molecule has 1 aliphatic carbocycles. The Kier molecular flexibility index (Phi) is 10.3. The van der Waals surface area contributed by atoms with Crippen LogP contribution in [0.1, 0.15) is 31.7 Å². The van der Waals surface area contributed by atoms with Gasteiger partial charge in [-0.25, -0.2) is 4.79 Å². The number of aromatic hydroxyl groups is 1. The molecule has 224 valence electrons. The van der Waals surface area contributed by atoms with Gasteiger partial charge in [0.15, 0.2) is 11.5 Å². The van der Waals surface area contributed by atoms with Crippen LogP contribution in [0.5, 0.6) is 17.2 Å². The molecule has 0 radical (unpaired) electrons. The van der Waals surface area contributed by atoms with Crippen molar-refractivity contribution in [2.45, 2.75) is 32.3 Å². The van der Waals surface area contributed by atoms with E-state index in [4.69, 9.17) is 9.47 Å². The van der Waals surface area contributed by atoms with E-state index < -0.39 is 48.4 Å². The number of halogens is 1. The average Bonchev–Trinajstić information content (AvgIpc) is 3.24. The van der Waals surface area contributed by atoms with E-state index in [2.05, 4.69) is 4.74 Å². The summed E-state index contributed by atoms with van der Waals surface area (Å²) in [6, 6.07) is 12.6. The number of para-hydroxylation sites is 1. The monoisotopic (exact) mass is 691 g/mol. The molecule has 1 aliphatic heterocycles. The highest BCUT2D eigenvalue weighted by Crippen LogP contribution is 2.46. The van der Waals surface area contributed by atoms with E-state index in [0.717, 1.165) is 18.2 Å². The highest BCUT2D eigenvalue weighted by molar-refractivity contribution is 14.1. The van der Waals surface area contributed by atoms with Gasteiger partial charge in [-0.3, -0.25) is 9.59 Å². The molecule has 0 bridgehead atoms. The first-order valence-corrected chi connectivity index (χ1v) is 14.6. The van der Waals surface area contributed by atoms with E-state index in [1.807, 2.05) is 59.9 Å². The first-order valence-electron chi connectivity index (χ1n) is 13.5. The smallest absolute Gasteiger partial charge is 0.423 e. The summed E-state index contributed by atoms with van der Waals surface area (Å²) in [5.74, 6) is -3.18. The lowest BCUT2D eigenvalue weighted by Crippen LogP contribution is -2.40. The molecule has 2 aliphatic rings. The number of ether oxygens (including phenoxy) is 3. The molecule has 2 aromatic carbocycles. The molecular formula is C31H34INO9. The topological polar surface area (TPSA) is 143 Å². The number of imide groups is 3. The fraction of sp³-hybridized carbons (Fsp3) is 0.387. The van der Waals surface area contributed by atoms with E-state index in [1.54, 1.807) is 18.2 Å². The lowest BCUT2D eigenvalue weighted by Gasteiger charge is -2.36. The van der Waals surface area contributed by atoms with Gasteiger partial charge in [-0.2, -0.15) is 4.90 Å². The first kappa shape index (κ1) is 31.5. The number of nitrogens with zero attached hydrogens (tertiary/aromatic N) is 1. The number of carbonyl (C=O) groups is 3. The summed E-state index contributed by atoms with van der Waals surface area (Å²) in [5, 5.41) is 32.1. The van der Waals surface area contributed by atoms with Crippen LogP contribution in [0, 0.1) is 21.3 Å². The van der Waals surface area contributed by atoms with Crippen LogP contribution in [0.15, 0.2) is 59.2 Å². The van der Waals surface area contributed by atoms with Gasteiger partial charge in [0.25, 0.3) is 0 Å². The number of carbonyl (C=O) groups excluding carboxylic acids is 3. The predicted octanol–water partition coefficient (Wildman–Crippen LogP) is 4.31. The van der Waals surface area contributed by atoms with Crippen LogP contribution >= 0.6 is 22.6 Å². The number of methoxy groups -OCH3 is 2. The molecule has 2 aromatic rings. The maximum Gasteiger partial charge on any atom is 0.423 e. The van der Waals surface area contributed by atoms with E-state index >= 15 is 0 Å². The van der Waals surface area contributed by atoms with Crippen LogP contribution in [-0.4, -0.2) is 71.7 Å². The summed E-state index contributed by atoms with van der Waals surface area (Å²) in [6.07, 6.45) is 0.657. The van der Waals surface area contributed by atoms with Crippen molar-refractivity contribution >= 4 is 46.6 Å². The quantitative estimate of drug-likeness (QED) is 0.189. The zero-order valence-electron chi connectivity index (χ0n) is 23.6. The number of rotatable bonds is 10. The van der Waals surface area contributed by atoms with Gasteiger partial charge in [-0.15, -0.1) is 0 Å². The summed E-state index contributed by atoms with van der Waals surface area (Å²) >= 11 is 2.03. The van der Waals surface area contributed by atoms with Gasteiger partial charge in [0, 0.05) is 5.92 Å². The summed E-state index contributed by atoms with van der Waals surface area (Å²) in [7, 11) is 2.57. The minimum atomic E-state index is -1.07. The van der Waals surface area contributed by atoms with Crippen molar-refractivity contribution in [2.24, 2.45) is 17.8 Å². The fourth-order valence-electron chi connectivity index (χ4n) is 5.76. The minimum absolute atomic E-state index is 0.0381. The van der Waals surface area contributed by atoms with Crippen molar-refractivity contribution in [3.05, 3.63) is 68.3 Å². The van der Waals surface area contributed by atoms with Gasteiger partial charge in [0.1, 0.15) is 12.4 Å². The number of aliphatic hydroxyl groups is 2. The molecule has 1 heterocycles. The number of hydrogen-bond donors (Lipinski definition) is 3. The molecule has 4 rings (SSSR count). The summed E-state index contributed by atoms with van der Waals surface area (Å²) in [5.41, 5.74) is 2.83. The number of fused-ring (bicyclic) bond motifs is 1. The molecule has 3 amide bonds. The second-order valence-corrected chi connectivity index (χ2v) is 11.5. The van der Waals surface area contributed by atoms with Crippen LogP contribution in [0.3, 0.4) is 0 Å². The van der Waals surface area contributed by atoms with Crippen molar-refractivity contribution in [1.82, 2.24) is 4.90 Å². The van der Waals surface area contributed by atoms with Crippen LogP contribution in [0.25, 0.3) is 6.08 Å². The number of aliphatic hydroxyl groups excluding tert-OH is 2. The molecule has 10 nitrogen and oxygen atoms in total. The average molecular weight is 692 g/mol. The predicted molar refractivity (Wildman–Crippen MR) is 162 cm³/mol. The SMILES string of the molecule is COC(=O)N1C(=O)[C@@H]2[C@@H](CC(COc3ccccc3)=C([C@H](O)CC/C(C)=C/c3cc(I)c(O)c(OC)c3)[C@@H]2CO)C1=O. The van der Waals surface area contributed by atoms with E-state index in [9.17, 15) is 29.7 Å². The van der Waals surface area contributed by atoms with Gasteiger partial charge >= 0.3 is 6.09 Å². The number of likely N-dealkylation sites (tertiary alicyclic amines) is 1. The van der Waals surface area contributed by atoms with Gasteiger partial charge in [-0.1, -0.05) is 29.8 Å². The van der Waals surface area contributed by atoms with Gasteiger partial charge in [-0.05, 0) is 89.8 Å². The Morgan fingerprint density at radius 2 is 1.88 bits per heavy atom. The summed E-state index contributed by atoms with van der Waals surface area (Å²) in [4.78, 5) is 39.2. The van der Waals surface area contributed by atoms with Gasteiger partial charge in [0.05, 0.1) is 42.3 Å². The molecule has 42 heavy (non-hydrogen) atoms. The number of phenolic OH excluding ortho intramolecular Hbond substituents is 1. The number of benzene rings is 2. The van der Waals surface area contributed by atoms with Gasteiger partial charge < -0.3 is 29.5 Å². The van der Waals surface area contributed by atoms with Crippen molar-refractivity contribution in [2.75, 3.05) is 27.4 Å². The maximum atomic E-state index is 13.3. The van der Waals surface area contributed by atoms with Crippen LogP contribution < -0.4 is 9.47 Å². The molecule has 11 heteroatoms. The lowest BCUT2D eigenvalue weighted by molar-refractivity contribution is -0.137. The molecule has 0 spiro atoms. The lowest BCUT2D eigenvalue weighted by atomic mass is 9.68. The third-order valence-electron chi connectivity index (χ3n) is 7.75. The molecule has 4 atom stereocenters. The third kappa shape index (κ3) is 6.47. The Labute approximate surface area is 257 Å². The third-order valence-corrected chi connectivity index (χ3v) is 8.57. The molecule has 0 unspecified atom stereocenters. The van der Waals surface area contributed by atoms with Crippen LogP contribution in [0.4, 0.5) is 4.79 Å². The standard InChI is InChI=1S/C31H34INO9/c1-17(11-18-12-23(32)28(36)25(13-18)40-2)9-10-24(35)26-19(16-42-20-7-5-4-6-8-20)14-21-27(22(26)15-34)30(38)33(29(21)37)31(39)41-3/h4-8,11-13,21-22,24,27,34-36H,9-10,14-16H2,1-3H3/b17-11+/t21-,22+,24-,27-/m1/s1. The van der Waals surface area contributed by atoms with Crippen molar-refractivity contribution < 1.29 is 43.9 Å². The molecule has 1 saturated heterocycles. The molecule has 0 saturated carbocycles. The Balaban J connectivity index is 1.62. The Morgan fingerprint density at radius 1 is 1.17 bits per heavy atom. The van der Waals surface area contributed by atoms with E-state index in [-0.39, 0.29) is 25.2 Å². The van der Waals surface area contributed by atoms with E-state index in [0.29, 0.717) is 37.5 Å². The van der Waals surface area contributed by atoms with Crippen molar-refractivity contribution in [3.63, 3.8) is 0 Å². The van der Waals surface area contributed by atoms with Crippen molar-refractivity contribution in [1.29, 1.82) is 0 Å². The Bertz CT molecular complexity index is 1400. The molecule has 3 N–H and O–H groups in total. The normalized spacial score (nSPS) is 21.3. The fourth-order valence-corrected chi connectivity index (χ4v) is 6.38. The minimum Gasteiger partial charge on any atom is -0.504 e. The Morgan fingerprint density at radius 3 is 2.52 bits per heavy atom. The summed E-state index contributed by atoms with van der Waals surface area (Å²) < 4.78 is 16.5. The van der Waals surface area contributed by atoms with Crippen LogP contribution in [-0.2, 0) is 14.3 Å². The zero-order valence-corrected chi connectivity index (χ0v) is 25.7. The molecule has 1 fully saturated rings. The van der Waals surface area contributed by atoms with Crippen molar-refractivity contribution in [3.8, 4) is 17.2 Å². The van der Waals surface area contributed by atoms with Crippen LogP contribution in [0.2, 0.25) is 0 Å². The highest BCUT2D eigenvalue weighted by atomic mass is 127. The number of amides is 3. The van der Waals surface area contributed by atoms with E-state index in [1.165, 1.54) is 7.11 Å². The maximum absolute atomic E-state index is 13.3. The highest BCUT2D eigenvalue weighted by Gasteiger charge is 2.57.